The first kappa shape index (κ1) is 19.7. The Balaban J connectivity index is 1.65. The SMILES string of the molecule is Cc1ccccc1CN1C(=O)c2ccccc2S(=O)c2ccc(C(=O)NC3CC3)cc21. The van der Waals surface area contributed by atoms with Gasteiger partial charge in [-0.1, -0.05) is 36.4 Å². The van der Waals surface area contributed by atoms with Gasteiger partial charge >= 0.3 is 0 Å². The van der Waals surface area contributed by atoms with E-state index < -0.39 is 10.8 Å². The summed E-state index contributed by atoms with van der Waals surface area (Å²) in [6, 6.07) is 20.3. The van der Waals surface area contributed by atoms with Gasteiger partial charge in [-0.15, -0.1) is 0 Å². The Hall–Kier alpha value is -3.25. The highest BCUT2D eigenvalue weighted by Gasteiger charge is 2.32. The Kier molecular flexibility index (Phi) is 4.94. The molecular formula is C25H22N2O3S. The summed E-state index contributed by atoms with van der Waals surface area (Å²) in [6.07, 6.45) is 1.99. The minimum atomic E-state index is -1.53. The zero-order chi connectivity index (χ0) is 21.5. The van der Waals surface area contributed by atoms with E-state index in [2.05, 4.69) is 5.32 Å². The topological polar surface area (TPSA) is 66.5 Å². The van der Waals surface area contributed by atoms with Crippen molar-refractivity contribution in [2.24, 2.45) is 0 Å². The first-order chi connectivity index (χ1) is 15.0. The minimum absolute atomic E-state index is 0.166. The molecule has 0 spiro atoms. The van der Waals surface area contributed by atoms with Crippen LogP contribution < -0.4 is 10.2 Å². The predicted molar refractivity (Wildman–Crippen MR) is 120 cm³/mol. The number of rotatable bonds is 4. The highest BCUT2D eigenvalue weighted by atomic mass is 32.2. The van der Waals surface area contributed by atoms with Crippen LogP contribution in [0.4, 0.5) is 5.69 Å². The number of carbonyl (C=O) groups is 2. The molecule has 2 amide bonds. The first-order valence-corrected chi connectivity index (χ1v) is 11.5. The van der Waals surface area contributed by atoms with Gasteiger partial charge in [0, 0.05) is 11.6 Å². The summed E-state index contributed by atoms with van der Waals surface area (Å²) in [5, 5.41) is 2.99. The molecule has 6 heteroatoms. The van der Waals surface area contributed by atoms with Gasteiger partial charge in [0.2, 0.25) is 0 Å². The van der Waals surface area contributed by atoms with Crippen LogP contribution in [0.5, 0.6) is 0 Å². The van der Waals surface area contributed by atoms with Crippen molar-refractivity contribution < 1.29 is 13.8 Å². The van der Waals surface area contributed by atoms with E-state index in [4.69, 9.17) is 0 Å². The van der Waals surface area contributed by atoms with E-state index in [9.17, 15) is 13.8 Å². The van der Waals surface area contributed by atoms with Crippen LogP contribution in [0, 0.1) is 6.92 Å². The molecule has 3 aromatic carbocycles. The van der Waals surface area contributed by atoms with E-state index in [0.29, 0.717) is 33.2 Å². The van der Waals surface area contributed by atoms with Crippen LogP contribution in [0.1, 0.15) is 44.7 Å². The van der Waals surface area contributed by atoms with E-state index in [-0.39, 0.29) is 17.9 Å². The van der Waals surface area contributed by atoms with Gasteiger partial charge in [0.25, 0.3) is 11.8 Å². The molecule has 0 aromatic heterocycles. The molecule has 1 unspecified atom stereocenters. The number of amides is 2. The molecule has 5 nitrogen and oxygen atoms in total. The zero-order valence-electron chi connectivity index (χ0n) is 17.1. The summed E-state index contributed by atoms with van der Waals surface area (Å²) in [5.74, 6) is -0.383. The van der Waals surface area contributed by atoms with Gasteiger partial charge in [0.05, 0.1) is 38.4 Å². The molecule has 1 atom stereocenters. The first-order valence-electron chi connectivity index (χ1n) is 10.3. The largest absolute Gasteiger partial charge is 0.349 e. The molecule has 5 rings (SSSR count). The molecule has 1 heterocycles. The van der Waals surface area contributed by atoms with Crippen LogP contribution >= 0.6 is 0 Å². The number of anilines is 1. The Morgan fingerprint density at radius 3 is 2.55 bits per heavy atom. The van der Waals surface area contributed by atoms with Gasteiger partial charge < -0.3 is 10.2 Å². The van der Waals surface area contributed by atoms with Crippen molar-refractivity contribution >= 4 is 28.3 Å². The lowest BCUT2D eigenvalue weighted by Crippen LogP contribution is -2.31. The zero-order valence-corrected chi connectivity index (χ0v) is 17.9. The third-order valence-electron chi connectivity index (χ3n) is 5.78. The van der Waals surface area contributed by atoms with E-state index in [1.165, 1.54) is 0 Å². The Morgan fingerprint density at radius 2 is 1.77 bits per heavy atom. The molecule has 1 N–H and O–H groups in total. The molecule has 0 saturated heterocycles. The fourth-order valence-corrected chi connectivity index (χ4v) is 5.16. The van der Waals surface area contributed by atoms with Crippen LogP contribution in [0.25, 0.3) is 0 Å². The van der Waals surface area contributed by atoms with Crippen molar-refractivity contribution in [2.75, 3.05) is 4.90 Å². The number of aryl methyl sites for hydroxylation is 1. The Morgan fingerprint density at radius 1 is 1.03 bits per heavy atom. The Labute approximate surface area is 183 Å². The molecule has 31 heavy (non-hydrogen) atoms. The average molecular weight is 431 g/mol. The number of benzene rings is 3. The van der Waals surface area contributed by atoms with Gasteiger partial charge in [0.15, 0.2) is 0 Å². The minimum Gasteiger partial charge on any atom is -0.349 e. The van der Waals surface area contributed by atoms with Crippen molar-refractivity contribution in [3.05, 3.63) is 89.0 Å². The van der Waals surface area contributed by atoms with E-state index >= 15 is 0 Å². The molecule has 156 valence electrons. The summed E-state index contributed by atoms with van der Waals surface area (Å²) in [5.41, 5.74) is 3.48. The normalized spacial score (nSPS) is 17.5. The number of nitrogens with one attached hydrogen (secondary N) is 1. The molecule has 2 aliphatic rings. The van der Waals surface area contributed by atoms with Gasteiger partial charge in [-0.2, -0.15) is 0 Å². The predicted octanol–water partition coefficient (Wildman–Crippen LogP) is 4.21. The van der Waals surface area contributed by atoms with Crippen LogP contribution in [0.2, 0.25) is 0 Å². The third-order valence-corrected chi connectivity index (χ3v) is 7.28. The molecule has 1 aliphatic heterocycles. The standard InChI is InChI=1S/C25H22N2O3S/c1-16-6-2-3-7-18(16)15-27-21-14-17(24(28)26-19-11-12-19)10-13-23(21)31(30)22-9-5-4-8-20(22)25(27)29/h2-10,13-14,19H,11-12,15H2,1H3,(H,26,28). The van der Waals surface area contributed by atoms with E-state index in [0.717, 1.165) is 24.0 Å². The second-order valence-corrected chi connectivity index (χ2v) is 9.43. The van der Waals surface area contributed by atoms with Crippen molar-refractivity contribution in [1.82, 2.24) is 5.32 Å². The summed E-state index contributed by atoms with van der Waals surface area (Å²) in [6.45, 7) is 2.34. The maximum atomic E-state index is 13.6. The van der Waals surface area contributed by atoms with Crippen molar-refractivity contribution in [1.29, 1.82) is 0 Å². The summed E-state index contributed by atoms with van der Waals surface area (Å²) in [7, 11) is -1.53. The molecule has 1 aliphatic carbocycles. The van der Waals surface area contributed by atoms with E-state index in [1.807, 2.05) is 31.2 Å². The fraction of sp³-hybridized carbons (Fsp3) is 0.200. The third kappa shape index (κ3) is 3.68. The second kappa shape index (κ2) is 7.78. The smallest absolute Gasteiger partial charge is 0.259 e. The van der Waals surface area contributed by atoms with Crippen LogP contribution in [-0.4, -0.2) is 22.1 Å². The maximum Gasteiger partial charge on any atom is 0.259 e. The van der Waals surface area contributed by atoms with Gasteiger partial charge in [-0.25, -0.2) is 4.21 Å². The van der Waals surface area contributed by atoms with Gasteiger partial charge in [-0.3, -0.25) is 9.59 Å². The summed E-state index contributed by atoms with van der Waals surface area (Å²) < 4.78 is 13.4. The molecular weight excluding hydrogens is 408 g/mol. The van der Waals surface area contributed by atoms with Crippen molar-refractivity contribution in [2.45, 2.75) is 42.1 Å². The Bertz CT molecular complexity index is 1230. The quantitative estimate of drug-likeness (QED) is 0.674. The van der Waals surface area contributed by atoms with Crippen LogP contribution in [0.3, 0.4) is 0 Å². The summed E-state index contributed by atoms with van der Waals surface area (Å²) in [4.78, 5) is 29.0. The second-order valence-electron chi connectivity index (χ2n) is 8.01. The van der Waals surface area contributed by atoms with Gasteiger partial charge in [-0.05, 0) is 61.2 Å². The summed E-state index contributed by atoms with van der Waals surface area (Å²) >= 11 is 0. The molecule has 1 fully saturated rings. The number of hydrogen-bond acceptors (Lipinski definition) is 3. The molecule has 0 radical (unpaired) electrons. The maximum absolute atomic E-state index is 13.6. The monoisotopic (exact) mass is 430 g/mol. The van der Waals surface area contributed by atoms with Crippen molar-refractivity contribution in [3.8, 4) is 0 Å². The van der Waals surface area contributed by atoms with Crippen LogP contribution in [-0.2, 0) is 17.3 Å². The molecule has 0 bridgehead atoms. The number of nitrogens with zero attached hydrogens (tertiary/aromatic N) is 1. The highest BCUT2D eigenvalue weighted by Crippen LogP contribution is 2.36. The highest BCUT2D eigenvalue weighted by molar-refractivity contribution is 7.85. The van der Waals surface area contributed by atoms with Crippen LogP contribution in [0.15, 0.2) is 76.5 Å². The molecule has 1 saturated carbocycles. The lowest BCUT2D eigenvalue weighted by atomic mass is 10.1. The van der Waals surface area contributed by atoms with E-state index in [1.54, 1.807) is 47.4 Å². The lowest BCUT2D eigenvalue weighted by Gasteiger charge is -2.24. The fourth-order valence-electron chi connectivity index (χ4n) is 3.82. The number of fused-ring (bicyclic) bond motifs is 2. The van der Waals surface area contributed by atoms with Crippen molar-refractivity contribution in [3.63, 3.8) is 0 Å². The number of carbonyl (C=O) groups excluding carboxylic acids is 2. The lowest BCUT2D eigenvalue weighted by molar-refractivity contribution is 0.0947. The number of hydrogen-bond donors (Lipinski definition) is 1. The average Bonchev–Trinajstić information content (AvgIpc) is 3.61. The van der Waals surface area contributed by atoms with Gasteiger partial charge in [0.1, 0.15) is 0 Å². The molecule has 3 aromatic rings.